The number of nitrogens with zero attached hydrogens (tertiary/aromatic N) is 1. The molecule has 0 aromatic heterocycles. The monoisotopic (exact) mass is 266 g/mol. The van der Waals surface area contributed by atoms with Crippen LogP contribution in [0.15, 0.2) is 0 Å². The third kappa shape index (κ3) is 2.87. The Morgan fingerprint density at radius 1 is 1.42 bits per heavy atom. The first-order valence-corrected chi connectivity index (χ1v) is 6.59. The molecule has 6 heteroatoms. The molecule has 0 aliphatic heterocycles. The molecular formula is C13H18N2O4. The van der Waals surface area contributed by atoms with Crippen LogP contribution in [0, 0.1) is 23.2 Å². The van der Waals surface area contributed by atoms with Crippen LogP contribution in [0.1, 0.15) is 32.6 Å². The lowest BCUT2D eigenvalue weighted by atomic mass is 9.95. The summed E-state index contributed by atoms with van der Waals surface area (Å²) in [5.41, 5.74) is -0.746. The molecule has 0 bridgehead atoms. The summed E-state index contributed by atoms with van der Waals surface area (Å²) < 4.78 is 4.93. The Morgan fingerprint density at radius 3 is 2.58 bits per heavy atom. The first-order chi connectivity index (χ1) is 9.01. The number of carbonyl (C=O) groups excluding carboxylic acids is 2. The summed E-state index contributed by atoms with van der Waals surface area (Å²) in [5.74, 6) is -1.97. The number of carbonyl (C=O) groups is 2. The fraction of sp³-hybridized carbons (Fsp3) is 0.769. The van der Waals surface area contributed by atoms with Gasteiger partial charge in [-0.25, -0.2) is 0 Å². The van der Waals surface area contributed by atoms with Gasteiger partial charge >= 0.3 is 5.97 Å². The van der Waals surface area contributed by atoms with Gasteiger partial charge in [0.2, 0.25) is 5.91 Å². The molecule has 2 aliphatic rings. The molecule has 0 heterocycles. The third-order valence-electron chi connectivity index (χ3n) is 3.79. The minimum atomic E-state index is -0.746. The predicted molar refractivity (Wildman–Crippen MR) is 64.6 cm³/mol. The highest BCUT2D eigenvalue weighted by Crippen LogP contribution is 2.38. The number of amides is 1. The number of esters is 1. The lowest BCUT2D eigenvalue weighted by Crippen LogP contribution is -2.42. The number of nitrogens with one attached hydrogen (secondary N) is 1. The van der Waals surface area contributed by atoms with E-state index in [9.17, 15) is 14.7 Å². The molecule has 3 atom stereocenters. The van der Waals surface area contributed by atoms with Gasteiger partial charge in [-0.3, -0.25) is 9.59 Å². The normalized spacial score (nSPS) is 31.3. The van der Waals surface area contributed by atoms with Crippen LogP contribution in [0.4, 0.5) is 0 Å². The maximum absolute atomic E-state index is 12.1. The van der Waals surface area contributed by atoms with Crippen molar-refractivity contribution >= 4 is 11.9 Å². The topological polar surface area (TPSA) is 99.4 Å². The molecule has 19 heavy (non-hydrogen) atoms. The van der Waals surface area contributed by atoms with Gasteiger partial charge in [0.15, 0.2) is 0 Å². The van der Waals surface area contributed by atoms with E-state index in [2.05, 4.69) is 11.4 Å². The second kappa shape index (κ2) is 5.17. The van der Waals surface area contributed by atoms with Crippen LogP contribution >= 0.6 is 0 Å². The maximum Gasteiger partial charge on any atom is 0.309 e. The summed E-state index contributed by atoms with van der Waals surface area (Å²) >= 11 is 0. The molecule has 2 fully saturated rings. The van der Waals surface area contributed by atoms with E-state index in [-0.39, 0.29) is 25.4 Å². The van der Waals surface area contributed by atoms with Gasteiger partial charge in [-0.1, -0.05) is 0 Å². The first kappa shape index (κ1) is 13.8. The van der Waals surface area contributed by atoms with E-state index in [1.54, 1.807) is 6.92 Å². The number of nitriles is 1. The third-order valence-corrected chi connectivity index (χ3v) is 3.79. The molecule has 104 valence electrons. The van der Waals surface area contributed by atoms with Gasteiger partial charge in [0.25, 0.3) is 0 Å². The lowest BCUT2D eigenvalue weighted by Gasteiger charge is -2.19. The zero-order valence-electron chi connectivity index (χ0n) is 10.9. The van der Waals surface area contributed by atoms with Gasteiger partial charge < -0.3 is 15.2 Å². The SMILES string of the molecule is CCOC(=O)[C@@H]1C[C@@H](O)C[C@H]1C(=O)NC1(C#N)CC1. The van der Waals surface area contributed by atoms with Gasteiger partial charge in [-0.15, -0.1) is 0 Å². The number of rotatable bonds is 4. The molecule has 0 unspecified atom stereocenters. The molecule has 2 rings (SSSR count). The Bertz CT molecular complexity index is 425. The fourth-order valence-corrected chi connectivity index (χ4v) is 2.53. The van der Waals surface area contributed by atoms with Gasteiger partial charge in [0, 0.05) is 0 Å². The second-order valence-electron chi connectivity index (χ2n) is 5.27. The van der Waals surface area contributed by atoms with Crippen LogP contribution in [0.5, 0.6) is 0 Å². The molecule has 0 aromatic rings. The predicted octanol–water partition coefficient (Wildman–Crippen LogP) is 0.109. The summed E-state index contributed by atoms with van der Waals surface area (Å²) in [4.78, 5) is 23.9. The molecular weight excluding hydrogens is 248 g/mol. The quantitative estimate of drug-likeness (QED) is 0.703. The van der Waals surface area contributed by atoms with Crippen molar-refractivity contribution in [2.75, 3.05) is 6.61 Å². The van der Waals surface area contributed by atoms with Crippen LogP contribution in [0.2, 0.25) is 0 Å². The molecule has 2 aliphatic carbocycles. The fourth-order valence-electron chi connectivity index (χ4n) is 2.53. The summed E-state index contributed by atoms with van der Waals surface area (Å²) in [6.07, 6.45) is 1.12. The summed E-state index contributed by atoms with van der Waals surface area (Å²) in [6.45, 7) is 1.95. The minimum Gasteiger partial charge on any atom is -0.466 e. The molecule has 2 N–H and O–H groups in total. The van der Waals surface area contributed by atoms with Gasteiger partial charge in [0.05, 0.1) is 30.6 Å². The van der Waals surface area contributed by atoms with Crippen LogP contribution in [0.3, 0.4) is 0 Å². The van der Waals surface area contributed by atoms with Crippen molar-refractivity contribution in [1.29, 1.82) is 5.26 Å². The molecule has 0 aromatic carbocycles. The Balaban J connectivity index is 2.02. The van der Waals surface area contributed by atoms with Gasteiger partial charge in [-0.05, 0) is 32.6 Å². The van der Waals surface area contributed by atoms with Gasteiger partial charge in [0.1, 0.15) is 5.54 Å². The van der Waals surface area contributed by atoms with Gasteiger partial charge in [-0.2, -0.15) is 5.26 Å². The number of aliphatic hydroxyl groups excluding tert-OH is 1. The van der Waals surface area contributed by atoms with Crippen molar-refractivity contribution in [2.24, 2.45) is 11.8 Å². The number of aliphatic hydroxyl groups is 1. The first-order valence-electron chi connectivity index (χ1n) is 6.59. The van der Waals surface area contributed by atoms with E-state index in [0.29, 0.717) is 12.8 Å². The molecule has 0 spiro atoms. The minimum absolute atomic E-state index is 0.247. The Kier molecular flexibility index (Phi) is 3.76. The van der Waals surface area contributed by atoms with Crippen LogP contribution < -0.4 is 5.32 Å². The molecule has 2 saturated carbocycles. The van der Waals surface area contributed by atoms with E-state index in [4.69, 9.17) is 10.00 Å². The van der Waals surface area contributed by atoms with E-state index in [0.717, 1.165) is 0 Å². The number of ether oxygens (including phenoxy) is 1. The zero-order chi connectivity index (χ0) is 14.0. The second-order valence-corrected chi connectivity index (χ2v) is 5.27. The van der Waals surface area contributed by atoms with Crippen molar-refractivity contribution in [2.45, 2.75) is 44.2 Å². The summed E-state index contributed by atoms with van der Waals surface area (Å²) in [7, 11) is 0. The average Bonchev–Trinajstić information content (AvgIpc) is 3.03. The van der Waals surface area contributed by atoms with Crippen molar-refractivity contribution in [3.05, 3.63) is 0 Å². The smallest absolute Gasteiger partial charge is 0.309 e. The van der Waals surface area contributed by atoms with E-state index >= 15 is 0 Å². The molecule has 0 radical (unpaired) electrons. The van der Waals surface area contributed by atoms with Crippen molar-refractivity contribution in [3.8, 4) is 6.07 Å². The molecule has 6 nitrogen and oxygen atoms in total. The highest BCUT2D eigenvalue weighted by atomic mass is 16.5. The van der Waals surface area contributed by atoms with Crippen LogP contribution in [-0.4, -0.2) is 35.2 Å². The number of hydrogen-bond acceptors (Lipinski definition) is 5. The lowest BCUT2D eigenvalue weighted by molar-refractivity contribution is -0.151. The van der Waals surface area contributed by atoms with E-state index in [1.165, 1.54) is 0 Å². The Morgan fingerprint density at radius 2 is 2.05 bits per heavy atom. The summed E-state index contributed by atoms with van der Waals surface area (Å²) in [5, 5.41) is 21.3. The largest absolute Gasteiger partial charge is 0.466 e. The average molecular weight is 266 g/mol. The zero-order valence-corrected chi connectivity index (χ0v) is 10.9. The van der Waals surface area contributed by atoms with E-state index in [1.807, 2.05) is 0 Å². The number of hydrogen-bond donors (Lipinski definition) is 2. The maximum atomic E-state index is 12.1. The summed E-state index contributed by atoms with van der Waals surface area (Å²) in [6, 6.07) is 2.08. The highest BCUT2D eigenvalue weighted by Gasteiger charge is 2.49. The van der Waals surface area contributed by atoms with Crippen LogP contribution in [-0.2, 0) is 14.3 Å². The Labute approximate surface area is 111 Å². The standard InChI is InChI=1S/C13H18N2O4/c1-2-19-12(18)10-6-8(16)5-9(10)11(17)15-13(7-14)3-4-13/h8-10,16H,2-6H2,1H3,(H,15,17)/t8-,9+,10+/m0/s1. The van der Waals surface area contributed by atoms with Crippen molar-refractivity contribution in [1.82, 2.24) is 5.32 Å². The van der Waals surface area contributed by atoms with Crippen molar-refractivity contribution in [3.63, 3.8) is 0 Å². The molecule has 0 saturated heterocycles. The van der Waals surface area contributed by atoms with E-state index < -0.39 is 29.4 Å². The highest BCUT2D eigenvalue weighted by molar-refractivity contribution is 5.87. The molecule has 1 amide bonds. The Hall–Kier alpha value is -1.61. The van der Waals surface area contributed by atoms with Crippen molar-refractivity contribution < 1.29 is 19.4 Å². The van der Waals surface area contributed by atoms with Crippen LogP contribution in [0.25, 0.3) is 0 Å².